The summed E-state index contributed by atoms with van der Waals surface area (Å²) in [6.07, 6.45) is 3.31. The second kappa shape index (κ2) is 6.53. The third kappa shape index (κ3) is 3.45. The molecule has 1 rings (SSSR count). The van der Waals surface area contributed by atoms with Crippen LogP contribution in [0.5, 0.6) is 0 Å². The predicted octanol–water partition coefficient (Wildman–Crippen LogP) is 2.75. The number of methoxy groups -OCH3 is 2. The summed E-state index contributed by atoms with van der Waals surface area (Å²) in [5.41, 5.74) is -0.282. The van der Waals surface area contributed by atoms with E-state index < -0.39 is 0 Å². The second-order valence-corrected chi connectivity index (χ2v) is 5.38. The largest absolute Gasteiger partial charge is 0.469 e. The van der Waals surface area contributed by atoms with E-state index in [1.54, 1.807) is 7.11 Å². The molecule has 106 valence electrons. The van der Waals surface area contributed by atoms with Crippen LogP contribution < -0.4 is 0 Å². The summed E-state index contributed by atoms with van der Waals surface area (Å²) in [6.45, 7) is 6.22. The molecule has 0 saturated carbocycles. The van der Waals surface area contributed by atoms with E-state index in [4.69, 9.17) is 14.2 Å². The average molecular weight is 258 g/mol. The first kappa shape index (κ1) is 15.4. The van der Waals surface area contributed by atoms with Gasteiger partial charge in [0.1, 0.15) is 0 Å². The Morgan fingerprint density at radius 2 is 2.11 bits per heavy atom. The van der Waals surface area contributed by atoms with Crippen LogP contribution in [0.25, 0.3) is 0 Å². The van der Waals surface area contributed by atoms with Crippen LogP contribution >= 0.6 is 0 Å². The third-order valence-corrected chi connectivity index (χ3v) is 3.94. The number of hydrogen-bond donors (Lipinski definition) is 0. The number of carbonyl (C=O) groups excluding carboxylic acids is 1. The van der Waals surface area contributed by atoms with Gasteiger partial charge in [0, 0.05) is 13.0 Å². The molecule has 0 unspecified atom stereocenters. The maximum absolute atomic E-state index is 11.7. The Balaban J connectivity index is 2.68. The Morgan fingerprint density at radius 1 is 1.44 bits per heavy atom. The SMILES string of the molecule is CC[C@H](C[C@]1(C)C[C@@H](CC)[C@H](OC)O1)C(=O)OC. The van der Waals surface area contributed by atoms with Gasteiger partial charge in [-0.3, -0.25) is 4.79 Å². The van der Waals surface area contributed by atoms with Gasteiger partial charge in [0.15, 0.2) is 6.29 Å². The lowest BCUT2D eigenvalue weighted by molar-refractivity contribution is -0.171. The lowest BCUT2D eigenvalue weighted by atomic mass is 9.85. The molecule has 0 bridgehead atoms. The lowest BCUT2D eigenvalue weighted by Gasteiger charge is -2.27. The van der Waals surface area contributed by atoms with Gasteiger partial charge in [-0.1, -0.05) is 13.8 Å². The van der Waals surface area contributed by atoms with Gasteiger partial charge in [-0.25, -0.2) is 0 Å². The zero-order valence-electron chi connectivity index (χ0n) is 12.2. The number of ether oxygens (including phenoxy) is 3. The van der Waals surface area contributed by atoms with Crippen molar-refractivity contribution in [1.82, 2.24) is 0 Å². The first-order valence-electron chi connectivity index (χ1n) is 6.78. The normalized spacial score (nSPS) is 33.4. The van der Waals surface area contributed by atoms with E-state index in [0.717, 1.165) is 19.3 Å². The molecular formula is C14H26O4. The van der Waals surface area contributed by atoms with Crippen LogP contribution in [0.15, 0.2) is 0 Å². The zero-order valence-corrected chi connectivity index (χ0v) is 12.2. The summed E-state index contributed by atoms with van der Waals surface area (Å²) >= 11 is 0. The van der Waals surface area contributed by atoms with Crippen molar-refractivity contribution in [1.29, 1.82) is 0 Å². The Labute approximate surface area is 110 Å². The first-order valence-corrected chi connectivity index (χ1v) is 6.78. The molecule has 0 aromatic carbocycles. The van der Waals surface area contributed by atoms with E-state index in [-0.39, 0.29) is 23.8 Å². The fourth-order valence-corrected chi connectivity index (χ4v) is 2.87. The zero-order chi connectivity index (χ0) is 13.8. The van der Waals surface area contributed by atoms with Crippen LogP contribution in [0.3, 0.4) is 0 Å². The van der Waals surface area contributed by atoms with E-state index in [1.807, 2.05) is 6.92 Å². The standard InChI is InChI=1S/C14H26O4/c1-6-10(12(15)16-4)8-14(3)9-11(7-2)13(17-5)18-14/h10-11,13H,6-9H2,1-5H3/t10-,11-,13-,14-/m1/s1. The van der Waals surface area contributed by atoms with E-state index in [1.165, 1.54) is 7.11 Å². The van der Waals surface area contributed by atoms with E-state index in [2.05, 4.69) is 13.8 Å². The number of hydrogen-bond acceptors (Lipinski definition) is 4. The van der Waals surface area contributed by atoms with Gasteiger partial charge >= 0.3 is 5.97 Å². The average Bonchev–Trinajstić information content (AvgIpc) is 2.72. The van der Waals surface area contributed by atoms with Crippen LogP contribution in [0, 0.1) is 11.8 Å². The van der Waals surface area contributed by atoms with Crippen LogP contribution in [-0.4, -0.2) is 32.1 Å². The van der Waals surface area contributed by atoms with Crippen molar-refractivity contribution >= 4 is 5.97 Å². The van der Waals surface area contributed by atoms with Crippen LogP contribution in [0.4, 0.5) is 0 Å². The highest BCUT2D eigenvalue weighted by atomic mass is 16.7. The van der Waals surface area contributed by atoms with E-state index in [0.29, 0.717) is 12.3 Å². The molecule has 0 aromatic heterocycles. The summed E-state index contributed by atoms with van der Waals surface area (Å²) in [4.78, 5) is 11.7. The van der Waals surface area contributed by atoms with Crippen molar-refractivity contribution in [3.63, 3.8) is 0 Å². The molecule has 1 heterocycles. The topological polar surface area (TPSA) is 44.8 Å². The molecule has 0 N–H and O–H groups in total. The summed E-state index contributed by atoms with van der Waals surface area (Å²) in [5.74, 6) is 0.180. The Morgan fingerprint density at radius 3 is 2.50 bits per heavy atom. The van der Waals surface area contributed by atoms with Gasteiger partial charge in [0.2, 0.25) is 0 Å². The first-order chi connectivity index (χ1) is 8.49. The Kier molecular flexibility index (Phi) is 5.60. The van der Waals surface area contributed by atoms with Gasteiger partial charge in [-0.05, 0) is 32.6 Å². The lowest BCUT2D eigenvalue weighted by Crippen LogP contribution is -2.31. The van der Waals surface area contributed by atoms with Gasteiger partial charge in [-0.2, -0.15) is 0 Å². The molecule has 4 atom stereocenters. The molecule has 0 aliphatic carbocycles. The highest BCUT2D eigenvalue weighted by Crippen LogP contribution is 2.41. The quantitative estimate of drug-likeness (QED) is 0.687. The van der Waals surface area contributed by atoms with Crippen LogP contribution in [-0.2, 0) is 19.0 Å². The maximum atomic E-state index is 11.7. The van der Waals surface area contributed by atoms with E-state index in [9.17, 15) is 4.79 Å². The molecule has 0 radical (unpaired) electrons. The fraction of sp³-hybridized carbons (Fsp3) is 0.929. The van der Waals surface area contributed by atoms with Crippen molar-refractivity contribution in [3.05, 3.63) is 0 Å². The molecule has 0 aromatic rings. The molecule has 0 amide bonds. The minimum atomic E-state index is -0.282. The predicted molar refractivity (Wildman–Crippen MR) is 69.1 cm³/mol. The van der Waals surface area contributed by atoms with E-state index >= 15 is 0 Å². The molecule has 1 saturated heterocycles. The summed E-state index contributed by atoms with van der Waals surface area (Å²) in [7, 11) is 3.12. The van der Waals surface area contributed by atoms with Gasteiger partial charge in [0.25, 0.3) is 0 Å². The molecule has 1 fully saturated rings. The highest BCUT2D eigenvalue weighted by molar-refractivity contribution is 5.72. The Hall–Kier alpha value is -0.610. The molecular weight excluding hydrogens is 232 g/mol. The monoisotopic (exact) mass is 258 g/mol. The number of rotatable bonds is 6. The third-order valence-electron chi connectivity index (χ3n) is 3.94. The van der Waals surface area contributed by atoms with Crippen molar-refractivity contribution in [2.45, 2.75) is 58.3 Å². The molecule has 4 heteroatoms. The van der Waals surface area contributed by atoms with Gasteiger partial charge in [0.05, 0.1) is 18.6 Å². The minimum absolute atomic E-state index is 0.0897. The number of carbonyl (C=O) groups is 1. The van der Waals surface area contributed by atoms with Gasteiger partial charge in [-0.15, -0.1) is 0 Å². The summed E-state index contributed by atoms with van der Waals surface area (Å²) in [6, 6.07) is 0. The molecule has 18 heavy (non-hydrogen) atoms. The molecule has 4 nitrogen and oxygen atoms in total. The maximum Gasteiger partial charge on any atom is 0.308 e. The summed E-state index contributed by atoms with van der Waals surface area (Å²) < 4.78 is 16.2. The minimum Gasteiger partial charge on any atom is -0.469 e. The van der Waals surface area contributed by atoms with Crippen molar-refractivity contribution in [3.8, 4) is 0 Å². The van der Waals surface area contributed by atoms with Crippen molar-refractivity contribution < 1.29 is 19.0 Å². The van der Waals surface area contributed by atoms with Gasteiger partial charge < -0.3 is 14.2 Å². The molecule has 0 spiro atoms. The number of esters is 1. The Bertz CT molecular complexity index is 265. The van der Waals surface area contributed by atoms with Crippen molar-refractivity contribution in [2.24, 2.45) is 11.8 Å². The van der Waals surface area contributed by atoms with Crippen LogP contribution in [0.1, 0.15) is 46.5 Å². The smallest absolute Gasteiger partial charge is 0.308 e. The molecule has 1 aliphatic heterocycles. The van der Waals surface area contributed by atoms with Crippen molar-refractivity contribution in [2.75, 3.05) is 14.2 Å². The second-order valence-electron chi connectivity index (χ2n) is 5.38. The molecule has 1 aliphatic rings. The van der Waals surface area contributed by atoms with Crippen LogP contribution in [0.2, 0.25) is 0 Å². The highest BCUT2D eigenvalue weighted by Gasteiger charge is 2.44. The summed E-state index contributed by atoms with van der Waals surface area (Å²) in [5, 5.41) is 0. The fourth-order valence-electron chi connectivity index (χ4n) is 2.87.